The van der Waals surface area contributed by atoms with Crippen LogP contribution in [-0.2, 0) is 23.1 Å². The molecule has 128 valence electrons. The van der Waals surface area contributed by atoms with E-state index in [4.69, 9.17) is 4.74 Å². The normalized spacial score (nSPS) is 20.8. The van der Waals surface area contributed by atoms with Gasteiger partial charge < -0.3 is 9.64 Å². The van der Waals surface area contributed by atoms with Gasteiger partial charge in [-0.25, -0.2) is 0 Å². The molecule has 2 atom stereocenters. The largest absolute Gasteiger partial charge is 0.373 e. The second-order valence-corrected chi connectivity index (χ2v) is 6.61. The average Bonchev–Trinajstić information content (AvgIpc) is 3.02. The summed E-state index contributed by atoms with van der Waals surface area (Å²) in [7, 11) is 3.76. The Morgan fingerprint density at radius 3 is 2.92 bits per heavy atom. The van der Waals surface area contributed by atoms with Crippen LogP contribution in [0.5, 0.6) is 0 Å². The molecule has 0 N–H and O–H groups in total. The summed E-state index contributed by atoms with van der Waals surface area (Å²) < 4.78 is 7.69. The molecule has 3 rings (SSSR count). The van der Waals surface area contributed by atoms with Gasteiger partial charge in [-0.15, -0.1) is 0 Å². The van der Waals surface area contributed by atoms with Crippen LogP contribution in [0.4, 0.5) is 0 Å². The van der Waals surface area contributed by atoms with Crippen LogP contribution in [0, 0.1) is 12.8 Å². The lowest BCUT2D eigenvalue weighted by atomic mass is 9.89. The molecule has 0 bridgehead atoms. The van der Waals surface area contributed by atoms with Crippen molar-refractivity contribution in [3.05, 3.63) is 53.3 Å². The number of amides is 1. The maximum Gasteiger partial charge on any atom is 0.228 e. The van der Waals surface area contributed by atoms with Crippen molar-refractivity contribution < 1.29 is 9.53 Å². The number of aryl methyl sites for hydroxylation is 2. The van der Waals surface area contributed by atoms with Gasteiger partial charge in [0.1, 0.15) is 0 Å². The molecule has 0 spiro atoms. The molecule has 1 aliphatic rings. The summed E-state index contributed by atoms with van der Waals surface area (Å²) in [5.74, 6) is 0.00349. The fourth-order valence-electron chi connectivity index (χ4n) is 3.35. The number of ether oxygens (including phenoxy) is 1. The number of carbonyl (C=O) groups is 1. The van der Waals surface area contributed by atoms with Gasteiger partial charge in [-0.1, -0.05) is 24.3 Å². The highest BCUT2D eigenvalue weighted by molar-refractivity contribution is 5.79. The maximum atomic E-state index is 13.0. The minimum absolute atomic E-state index is 0.142. The quantitative estimate of drug-likeness (QED) is 0.867. The molecule has 1 fully saturated rings. The summed E-state index contributed by atoms with van der Waals surface area (Å²) in [6, 6.07) is 8.20. The lowest BCUT2D eigenvalue weighted by Crippen LogP contribution is -2.38. The van der Waals surface area contributed by atoms with Crippen LogP contribution in [-0.4, -0.2) is 34.2 Å². The maximum absolute atomic E-state index is 13.0. The van der Waals surface area contributed by atoms with Crippen molar-refractivity contribution in [2.45, 2.75) is 32.4 Å². The van der Waals surface area contributed by atoms with Crippen molar-refractivity contribution in [2.24, 2.45) is 13.0 Å². The second-order valence-electron chi connectivity index (χ2n) is 6.61. The van der Waals surface area contributed by atoms with Crippen LogP contribution in [0.25, 0.3) is 0 Å². The molecular weight excluding hydrogens is 302 g/mol. The number of rotatable bonds is 4. The highest BCUT2D eigenvalue weighted by atomic mass is 16.5. The van der Waals surface area contributed by atoms with E-state index < -0.39 is 0 Å². The highest BCUT2D eigenvalue weighted by Gasteiger charge is 2.35. The predicted octanol–water partition coefficient (Wildman–Crippen LogP) is 2.85. The smallest absolute Gasteiger partial charge is 0.228 e. The van der Waals surface area contributed by atoms with Gasteiger partial charge >= 0.3 is 0 Å². The topological polar surface area (TPSA) is 47.4 Å². The van der Waals surface area contributed by atoms with Gasteiger partial charge in [0.05, 0.1) is 18.2 Å². The third-order valence-corrected chi connectivity index (χ3v) is 4.74. The molecule has 24 heavy (non-hydrogen) atoms. The monoisotopic (exact) mass is 327 g/mol. The first-order valence-corrected chi connectivity index (χ1v) is 8.46. The Kier molecular flexibility index (Phi) is 5.00. The fourth-order valence-corrected chi connectivity index (χ4v) is 3.35. The van der Waals surface area contributed by atoms with Crippen LogP contribution in [0.3, 0.4) is 0 Å². The second kappa shape index (κ2) is 7.18. The Morgan fingerprint density at radius 1 is 1.42 bits per heavy atom. The van der Waals surface area contributed by atoms with E-state index in [0.717, 1.165) is 18.4 Å². The average molecular weight is 327 g/mol. The van der Waals surface area contributed by atoms with Crippen LogP contribution in [0.2, 0.25) is 0 Å². The van der Waals surface area contributed by atoms with E-state index in [9.17, 15) is 4.79 Å². The van der Waals surface area contributed by atoms with E-state index in [1.54, 1.807) is 10.9 Å². The number of hydrogen-bond acceptors (Lipinski definition) is 3. The molecule has 2 aromatic rings. The number of benzene rings is 1. The molecule has 1 amide bonds. The van der Waals surface area contributed by atoms with Crippen molar-refractivity contribution >= 4 is 5.91 Å². The Bertz CT molecular complexity index is 710. The number of carbonyl (C=O) groups excluding carboxylic acids is 1. The molecule has 0 aliphatic carbocycles. The summed E-state index contributed by atoms with van der Waals surface area (Å²) in [5.41, 5.74) is 3.38. The summed E-state index contributed by atoms with van der Waals surface area (Å²) in [5, 5.41) is 4.22. The summed E-state index contributed by atoms with van der Waals surface area (Å²) in [6.07, 6.45) is 5.33. The van der Waals surface area contributed by atoms with Gasteiger partial charge in [0.2, 0.25) is 5.91 Å². The van der Waals surface area contributed by atoms with Gasteiger partial charge in [0, 0.05) is 39.0 Å². The molecule has 1 aromatic heterocycles. The lowest BCUT2D eigenvalue weighted by molar-refractivity contribution is -0.144. The van der Waals surface area contributed by atoms with Crippen LogP contribution in [0.1, 0.15) is 35.6 Å². The van der Waals surface area contributed by atoms with Gasteiger partial charge in [0.15, 0.2) is 0 Å². The van der Waals surface area contributed by atoms with E-state index >= 15 is 0 Å². The molecule has 5 nitrogen and oxygen atoms in total. The summed E-state index contributed by atoms with van der Waals surface area (Å²) in [4.78, 5) is 14.8. The van der Waals surface area contributed by atoms with E-state index in [2.05, 4.69) is 24.2 Å². The van der Waals surface area contributed by atoms with Gasteiger partial charge in [-0.3, -0.25) is 9.48 Å². The van der Waals surface area contributed by atoms with E-state index in [-0.39, 0.29) is 17.9 Å². The molecule has 0 saturated carbocycles. The van der Waals surface area contributed by atoms with Crippen molar-refractivity contribution in [1.82, 2.24) is 14.7 Å². The van der Waals surface area contributed by atoms with E-state index in [0.29, 0.717) is 13.2 Å². The Morgan fingerprint density at radius 2 is 2.21 bits per heavy atom. The van der Waals surface area contributed by atoms with Crippen molar-refractivity contribution in [1.29, 1.82) is 0 Å². The van der Waals surface area contributed by atoms with Crippen LogP contribution < -0.4 is 0 Å². The Balaban J connectivity index is 1.75. The number of nitrogens with zero attached hydrogens (tertiary/aromatic N) is 3. The Hall–Kier alpha value is -2.14. The minimum atomic E-state index is -0.195. The van der Waals surface area contributed by atoms with Gasteiger partial charge in [0.25, 0.3) is 0 Å². The zero-order chi connectivity index (χ0) is 17.1. The van der Waals surface area contributed by atoms with E-state index in [1.807, 2.05) is 37.3 Å². The highest BCUT2D eigenvalue weighted by Crippen LogP contribution is 2.34. The molecule has 5 heteroatoms. The first-order valence-electron chi connectivity index (χ1n) is 8.46. The van der Waals surface area contributed by atoms with Crippen LogP contribution >= 0.6 is 0 Å². The molecule has 1 saturated heterocycles. The first kappa shape index (κ1) is 16.7. The number of hydrogen-bond donors (Lipinski definition) is 0. The van der Waals surface area contributed by atoms with Crippen molar-refractivity contribution in [3.8, 4) is 0 Å². The Labute approximate surface area is 143 Å². The predicted molar refractivity (Wildman–Crippen MR) is 92.3 cm³/mol. The van der Waals surface area contributed by atoms with Gasteiger partial charge in [-0.2, -0.15) is 5.10 Å². The van der Waals surface area contributed by atoms with Crippen molar-refractivity contribution in [2.75, 3.05) is 13.7 Å². The molecule has 0 radical (unpaired) electrons. The summed E-state index contributed by atoms with van der Waals surface area (Å²) in [6.45, 7) is 3.41. The molecule has 1 aliphatic heterocycles. The first-order chi connectivity index (χ1) is 11.6. The SMILES string of the molecule is Cc1ccccc1CN(C)C(=O)[C@@H]1CCCO[C@H]1c1cnn(C)c1. The fraction of sp³-hybridized carbons (Fsp3) is 0.474. The standard InChI is InChI=1S/C19H25N3O2/c1-14-7-4-5-8-15(14)12-21(2)19(23)17-9-6-10-24-18(17)16-11-20-22(3)13-16/h4-5,7-8,11,13,17-18H,6,9-10,12H2,1-3H3/t17-,18+/m1/s1. The van der Waals surface area contributed by atoms with Crippen LogP contribution in [0.15, 0.2) is 36.7 Å². The zero-order valence-corrected chi connectivity index (χ0v) is 14.6. The minimum Gasteiger partial charge on any atom is -0.373 e. The lowest BCUT2D eigenvalue weighted by Gasteiger charge is -2.33. The molecule has 0 unspecified atom stereocenters. The zero-order valence-electron chi connectivity index (χ0n) is 14.6. The van der Waals surface area contributed by atoms with Crippen molar-refractivity contribution in [3.63, 3.8) is 0 Å². The van der Waals surface area contributed by atoms with Gasteiger partial charge in [-0.05, 0) is 30.9 Å². The summed E-state index contributed by atoms with van der Waals surface area (Å²) >= 11 is 0. The third-order valence-electron chi connectivity index (χ3n) is 4.74. The van der Waals surface area contributed by atoms with E-state index in [1.165, 1.54) is 11.1 Å². The molecular formula is C19H25N3O2. The number of aromatic nitrogens is 2. The molecule has 2 heterocycles. The molecule has 1 aromatic carbocycles. The third kappa shape index (κ3) is 3.51.